The van der Waals surface area contributed by atoms with Crippen LogP contribution in [0.4, 0.5) is 15.9 Å². The van der Waals surface area contributed by atoms with Crippen molar-refractivity contribution in [2.24, 2.45) is 5.41 Å². The second-order valence-electron chi connectivity index (χ2n) is 13.4. The summed E-state index contributed by atoms with van der Waals surface area (Å²) in [6.45, 7) is 16.9. The fourth-order valence-corrected chi connectivity index (χ4v) is 6.18. The minimum Gasteiger partial charge on any atom is -0.479 e. The van der Waals surface area contributed by atoms with E-state index >= 15 is 0 Å². The molecule has 0 aliphatic carbocycles. The van der Waals surface area contributed by atoms with Gasteiger partial charge in [0.25, 0.3) is 0 Å². The van der Waals surface area contributed by atoms with Crippen LogP contribution in [0.15, 0.2) is 30.7 Å². The molecule has 1 N–H and O–H groups in total. The van der Waals surface area contributed by atoms with Crippen molar-refractivity contribution in [2.45, 2.75) is 86.0 Å². The third kappa shape index (κ3) is 6.11. The third-order valence-corrected chi connectivity index (χ3v) is 8.42. The maximum absolute atomic E-state index is 14.4. The molecule has 0 bridgehead atoms. The van der Waals surface area contributed by atoms with Crippen molar-refractivity contribution in [1.82, 2.24) is 15.0 Å². The standard InChI is InChI=1S/C33H42FN5O3/c1-20-26(23-8-9-24-18-39(13-10-22(24)16-23)30-25(34)17-35-19-36-30)28(38-14-11-33(6,7)12-15-38)27(21(2)37-20)29(31(40)41)42-32(3,4)5/h8-9,16-17,19,29H,10-15,18H2,1-7H3,(H,40,41)/t29-/m0/s1. The number of fused-ring (bicyclic) bond motifs is 1. The first kappa shape index (κ1) is 29.9. The van der Waals surface area contributed by atoms with Gasteiger partial charge >= 0.3 is 5.97 Å². The number of pyridine rings is 1. The Morgan fingerprint density at radius 3 is 2.43 bits per heavy atom. The quantitative estimate of drug-likeness (QED) is 0.360. The minimum absolute atomic E-state index is 0.225. The van der Waals surface area contributed by atoms with E-state index in [2.05, 4.69) is 46.9 Å². The molecule has 0 amide bonds. The predicted molar refractivity (Wildman–Crippen MR) is 162 cm³/mol. The molecule has 4 heterocycles. The number of hydrogen-bond donors (Lipinski definition) is 1. The molecule has 2 aliphatic heterocycles. The molecule has 0 saturated carbocycles. The van der Waals surface area contributed by atoms with Crippen molar-refractivity contribution in [3.05, 3.63) is 64.6 Å². The smallest absolute Gasteiger partial charge is 0.337 e. The average Bonchev–Trinajstić information content (AvgIpc) is 2.91. The fourth-order valence-electron chi connectivity index (χ4n) is 6.18. The minimum atomic E-state index is -1.16. The lowest BCUT2D eigenvalue weighted by molar-refractivity contribution is -0.160. The van der Waals surface area contributed by atoms with E-state index in [0.29, 0.717) is 30.2 Å². The van der Waals surface area contributed by atoms with E-state index < -0.39 is 23.5 Å². The van der Waals surface area contributed by atoms with Crippen molar-refractivity contribution >= 4 is 17.5 Å². The molecule has 0 spiro atoms. The topological polar surface area (TPSA) is 91.7 Å². The molecule has 9 heteroatoms. The Balaban J connectivity index is 1.63. The number of carboxylic acids is 1. The van der Waals surface area contributed by atoms with Crippen LogP contribution >= 0.6 is 0 Å². The molecule has 0 unspecified atom stereocenters. The Kier molecular flexibility index (Phi) is 8.00. The van der Waals surface area contributed by atoms with Gasteiger partial charge in [0.15, 0.2) is 17.7 Å². The number of piperidine rings is 1. The highest BCUT2D eigenvalue weighted by molar-refractivity contribution is 5.88. The largest absolute Gasteiger partial charge is 0.479 e. The predicted octanol–water partition coefficient (Wildman–Crippen LogP) is 6.42. The Labute approximate surface area is 248 Å². The van der Waals surface area contributed by atoms with Gasteiger partial charge in [-0.15, -0.1) is 0 Å². The molecule has 224 valence electrons. The fraction of sp³-hybridized carbons (Fsp3) is 0.515. The van der Waals surface area contributed by atoms with Crippen LogP contribution in [0.25, 0.3) is 11.1 Å². The molecule has 0 radical (unpaired) electrons. The van der Waals surface area contributed by atoms with Gasteiger partial charge in [0.2, 0.25) is 0 Å². The first-order chi connectivity index (χ1) is 19.7. The number of aryl methyl sites for hydroxylation is 2. The van der Waals surface area contributed by atoms with Gasteiger partial charge in [-0.25, -0.2) is 19.2 Å². The molecule has 1 saturated heterocycles. The lowest BCUT2D eigenvalue weighted by Crippen LogP contribution is -2.39. The van der Waals surface area contributed by atoms with Crippen LogP contribution < -0.4 is 9.80 Å². The first-order valence-electron chi connectivity index (χ1n) is 14.7. The summed E-state index contributed by atoms with van der Waals surface area (Å²) in [5.74, 6) is -1.13. The van der Waals surface area contributed by atoms with Crippen LogP contribution in [0.2, 0.25) is 0 Å². The van der Waals surface area contributed by atoms with Crippen molar-refractivity contribution in [1.29, 1.82) is 0 Å². The Morgan fingerprint density at radius 1 is 1.07 bits per heavy atom. The van der Waals surface area contributed by atoms with Crippen molar-refractivity contribution in [2.75, 3.05) is 29.4 Å². The molecule has 5 rings (SSSR count). The van der Waals surface area contributed by atoms with E-state index in [4.69, 9.17) is 9.72 Å². The number of ether oxygens (including phenoxy) is 1. The zero-order chi connectivity index (χ0) is 30.4. The van der Waals surface area contributed by atoms with E-state index in [1.165, 1.54) is 18.1 Å². The van der Waals surface area contributed by atoms with Gasteiger partial charge in [-0.1, -0.05) is 32.0 Å². The molecule has 1 aromatic carbocycles. The number of aliphatic carboxylic acids is 1. The Morgan fingerprint density at radius 2 is 1.79 bits per heavy atom. The van der Waals surface area contributed by atoms with Crippen molar-refractivity contribution < 1.29 is 19.0 Å². The summed E-state index contributed by atoms with van der Waals surface area (Å²) < 4.78 is 20.6. The SMILES string of the molecule is Cc1nc(C)c([C@H](OC(C)(C)C)C(=O)O)c(N2CCC(C)(C)CC2)c1-c1ccc2c(c1)CCN(c1ncncc1F)C2. The van der Waals surface area contributed by atoms with E-state index in [0.717, 1.165) is 60.4 Å². The van der Waals surface area contributed by atoms with Gasteiger partial charge in [0, 0.05) is 48.7 Å². The molecule has 3 aromatic rings. The molecule has 42 heavy (non-hydrogen) atoms. The van der Waals surface area contributed by atoms with Gasteiger partial charge < -0.3 is 19.6 Å². The molecule has 8 nitrogen and oxygen atoms in total. The highest BCUT2D eigenvalue weighted by atomic mass is 19.1. The number of carboxylic acid groups (broad SMARTS) is 1. The summed E-state index contributed by atoms with van der Waals surface area (Å²) in [6, 6.07) is 6.38. The van der Waals surface area contributed by atoms with E-state index in [9.17, 15) is 14.3 Å². The number of benzene rings is 1. The number of aromatic nitrogens is 3. The van der Waals surface area contributed by atoms with Crippen LogP contribution in [0.5, 0.6) is 0 Å². The van der Waals surface area contributed by atoms with Crippen LogP contribution in [0.1, 0.15) is 81.6 Å². The average molecular weight is 576 g/mol. The third-order valence-electron chi connectivity index (χ3n) is 8.42. The van der Waals surface area contributed by atoms with Crippen LogP contribution in [0.3, 0.4) is 0 Å². The first-order valence-corrected chi connectivity index (χ1v) is 14.7. The van der Waals surface area contributed by atoms with Crippen molar-refractivity contribution in [3.63, 3.8) is 0 Å². The van der Waals surface area contributed by atoms with E-state index in [-0.39, 0.29) is 5.41 Å². The number of halogens is 1. The van der Waals surface area contributed by atoms with E-state index in [1.54, 1.807) is 0 Å². The zero-order valence-electron chi connectivity index (χ0n) is 25.8. The highest BCUT2D eigenvalue weighted by Crippen LogP contribution is 2.45. The molecular formula is C33H42FN5O3. The van der Waals surface area contributed by atoms with Gasteiger partial charge in [0.05, 0.1) is 17.5 Å². The molecule has 2 aromatic heterocycles. The maximum Gasteiger partial charge on any atom is 0.337 e. The lowest BCUT2D eigenvalue weighted by Gasteiger charge is -2.41. The number of anilines is 2. The number of carbonyl (C=O) groups is 1. The number of hydrogen-bond acceptors (Lipinski definition) is 7. The van der Waals surface area contributed by atoms with E-state index in [1.807, 2.05) is 39.5 Å². The maximum atomic E-state index is 14.4. The molecular weight excluding hydrogens is 533 g/mol. The van der Waals surface area contributed by atoms with Gasteiger partial charge in [-0.05, 0) is 76.0 Å². The van der Waals surface area contributed by atoms with Crippen LogP contribution in [-0.2, 0) is 22.5 Å². The van der Waals surface area contributed by atoms with Crippen LogP contribution in [-0.4, -0.2) is 51.3 Å². The lowest BCUT2D eigenvalue weighted by atomic mass is 9.81. The van der Waals surface area contributed by atoms with Crippen molar-refractivity contribution in [3.8, 4) is 11.1 Å². The second-order valence-corrected chi connectivity index (χ2v) is 13.4. The molecule has 2 aliphatic rings. The summed E-state index contributed by atoms with van der Waals surface area (Å²) in [7, 11) is 0. The molecule has 1 atom stereocenters. The number of rotatable bonds is 6. The summed E-state index contributed by atoms with van der Waals surface area (Å²) in [5.41, 5.74) is 6.88. The Bertz CT molecular complexity index is 1490. The second kappa shape index (κ2) is 11.2. The highest BCUT2D eigenvalue weighted by Gasteiger charge is 2.36. The van der Waals surface area contributed by atoms with Gasteiger partial charge in [-0.2, -0.15) is 0 Å². The normalized spacial score (nSPS) is 17.6. The van der Waals surface area contributed by atoms with Gasteiger partial charge in [-0.3, -0.25) is 4.98 Å². The Hall–Kier alpha value is -3.59. The molecule has 1 fully saturated rings. The summed E-state index contributed by atoms with van der Waals surface area (Å²) in [5, 5.41) is 10.4. The van der Waals surface area contributed by atoms with Gasteiger partial charge in [0.1, 0.15) is 6.33 Å². The summed E-state index contributed by atoms with van der Waals surface area (Å²) in [6.07, 6.45) is 4.15. The van der Waals surface area contributed by atoms with Crippen LogP contribution in [0, 0.1) is 25.1 Å². The summed E-state index contributed by atoms with van der Waals surface area (Å²) >= 11 is 0. The number of nitrogens with zero attached hydrogens (tertiary/aromatic N) is 5. The monoisotopic (exact) mass is 575 g/mol. The zero-order valence-corrected chi connectivity index (χ0v) is 25.8. The summed E-state index contributed by atoms with van der Waals surface area (Å²) in [4.78, 5) is 29.9.